The number of likely N-dealkylation sites (N-methyl/N-ethyl adjacent to an activating group) is 1. The van der Waals surface area contributed by atoms with E-state index in [4.69, 9.17) is 16.5 Å². The first kappa shape index (κ1) is 19.8. The second-order valence-electron chi connectivity index (χ2n) is 9.62. The molecule has 3 unspecified atom stereocenters. The molecule has 4 bridgehead atoms. The van der Waals surface area contributed by atoms with Crippen LogP contribution in [-0.4, -0.2) is 30.4 Å². The van der Waals surface area contributed by atoms with Gasteiger partial charge in [0.1, 0.15) is 11.4 Å². The minimum atomic E-state index is -0.688. The highest BCUT2D eigenvalue weighted by Crippen LogP contribution is 2.60. The molecule has 4 aliphatic rings. The number of nitrogens with zero attached hydrogens (tertiary/aromatic N) is 3. The molecule has 1 amide bonds. The lowest BCUT2D eigenvalue weighted by atomic mass is 9.48. The number of benzene rings is 1. The molecule has 0 saturated heterocycles. The van der Waals surface area contributed by atoms with Crippen LogP contribution in [0.1, 0.15) is 45.4 Å². The van der Waals surface area contributed by atoms with Gasteiger partial charge in [0.15, 0.2) is 0 Å². The standard InChI is InChI=1S/C23H31N5O/c1-22(8-9-24,28(2)18-6-4-3-5-7-18)20(25)27-19-16-10-15-11-17(19)14-23(12-15,13-16)21(26)29/h3-7,15-17,19H,8,10-14H2,1-2H3,(H2,25,27)(H2,26,29). The summed E-state index contributed by atoms with van der Waals surface area (Å²) in [6.45, 7) is 1.99. The number of para-hydroxylation sites is 1. The number of carbonyl (C=O) groups is 1. The van der Waals surface area contributed by atoms with E-state index in [2.05, 4.69) is 11.0 Å². The maximum Gasteiger partial charge on any atom is 0.223 e. The summed E-state index contributed by atoms with van der Waals surface area (Å²) < 4.78 is 0. The Hall–Kier alpha value is -2.55. The molecule has 1 aromatic carbocycles. The summed E-state index contributed by atoms with van der Waals surface area (Å²) in [5.41, 5.74) is 12.4. The van der Waals surface area contributed by atoms with Crippen LogP contribution in [0.25, 0.3) is 0 Å². The van der Waals surface area contributed by atoms with Gasteiger partial charge in [-0.3, -0.25) is 9.79 Å². The van der Waals surface area contributed by atoms with E-state index >= 15 is 0 Å². The fourth-order valence-corrected chi connectivity index (χ4v) is 6.28. The number of primary amides is 1. The van der Waals surface area contributed by atoms with Crippen LogP contribution < -0.4 is 16.4 Å². The maximum atomic E-state index is 12.2. The van der Waals surface area contributed by atoms with E-state index in [1.807, 2.05) is 44.3 Å². The van der Waals surface area contributed by atoms with E-state index in [0.29, 0.717) is 23.6 Å². The van der Waals surface area contributed by atoms with Crippen molar-refractivity contribution in [3.63, 3.8) is 0 Å². The monoisotopic (exact) mass is 393 g/mol. The largest absolute Gasteiger partial charge is 0.385 e. The summed E-state index contributed by atoms with van der Waals surface area (Å²) in [4.78, 5) is 19.3. The van der Waals surface area contributed by atoms with Gasteiger partial charge in [-0.05, 0) is 68.9 Å². The molecule has 1 aromatic rings. The molecule has 6 heteroatoms. The third-order valence-electron chi connectivity index (χ3n) is 7.89. The maximum absolute atomic E-state index is 12.2. The third kappa shape index (κ3) is 3.17. The Bertz CT molecular complexity index is 844. The van der Waals surface area contributed by atoms with Gasteiger partial charge in [-0.15, -0.1) is 0 Å². The number of amidine groups is 1. The van der Waals surface area contributed by atoms with Crippen molar-refractivity contribution in [2.45, 2.75) is 57.0 Å². The highest BCUT2D eigenvalue weighted by molar-refractivity contribution is 5.93. The average Bonchev–Trinajstić information content (AvgIpc) is 2.70. The van der Waals surface area contributed by atoms with Gasteiger partial charge in [-0.25, -0.2) is 0 Å². The van der Waals surface area contributed by atoms with Gasteiger partial charge in [-0.1, -0.05) is 18.2 Å². The number of carbonyl (C=O) groups excluding carboxylic acids is 1. The van der Waals surface area contributed by atoms with E-state index in [0.717, 1.165) is 37.8 Å². The van der Waals surface area contributed by atoms with E-state index < -0.39 is 5.54 Å². The molecule has 4 fully saturated rings. The van der Waals surface area contributed by atoms with Crippen LogP contribution in [0.15, 0.2) is 35.3 Å². The number of aliphatic imine (C=N–C) groups is 1. The fraction of sp³-hybridized carbons (Fsp3) is 0.609. The number of hydrogen-bond donors (Lipinski definition) is 2. The number of rotatable bonds is 6. The van der Waals surface area contributed by atoms with Crippen LogP contribution in [0, 0.1) is 34.5 Å². The highest BCUT2D eigenvalue weighted by atomic mass is 16.1. The zero-order chi connectivity index (χ0) is 20.8. The van der Waals surface area contributed by atoms with Crippen molar-refractivity contribution in [1.29, 1.82) is 5.26 Å². The molecule has 4 aliphatic carbocycles. The van der Waals surface area contributed by atoms with Crippen LogP contribution >= 0.6 is 0 Å². The molecular weight excluding hydrogens is 362 g/mol. The second-order valence-corrected chi connectivity index (χ2v) is 9.62. The van der Waals surface area contributed by atoms with E-state index in [1.54, 1.807) is 0 Å². The summed E-state index contributed by atoms with van der Waals surface area (Å²) in [5, 5.41) is 9.51. The Morgan fingerprint density at radius 3 is 2.41 bits per heavy atom. The molecule has 29 heavy (non-hydrogen) atoms. The highest BCUT2D eigenvalue weighted by Gasteiger charge is 2.58. The minimum absolute atomic E-state index is 0.126. The summed E-state index contributed by atoms with van der Waals surface area (Å²) >= 11 is 0. The zero-order valence-electron chi connectivity index (χ0n) is 17.3. The van der Waals surface area contributed by atoms with Crippen LogP contribution in [0.2, 0.25) is 0 Å². The van der Waals surface area contributed by atoms with Crippen molar-refractivity contribution in [2.24, 2.45) is 39.6 Å². The van der Waals surface area contributed by atoms with Gasteiger partial charge >= 0.3 is 0 Å². The van der Waals surface area contributed by atoms with Crippen molar-refractivity contribution in [2.75, 3.05) is 11.9 Å². The lowest BCUT2D eigenvalue weighted by Crippen LogP contribution is -2.59. The Labute approximate surface area is 173 Å². The average molecular weight is 394 g/mol. The molecule has 4 saturated carbocycles. The Balaban J connectivity index is 1.63. The first-order valence-corrected chi connectivity index (χ1v) is 10.6. The number of nitriles is 1. The molecule has 0 radical (unpaired) electrons. The number of hydrogen-bond acceptors (Lipinski definition) is 4. The van der Waals surface area contributed by atoms with Crippen molar-refractivity contribution >= 4 is 17.4 Å². The Kier molecular flexibility index (Phi) is 4.80. The topological polar surface area (TPSA) is 108 Å². The molecular formula is C23H31N5O. The Morgan fingerprint density at radius 1 is 1.24 bits per heavy atom. The summed E-state index contributed by atoms with van der Waals surface area (Å²) in [7, 11) is 1.97. The third-order valence-corrected chi connectivity index (χ3v) is 7.89. The van der Waals surface area contributed by atoms with Crippen LogP contribution in [0.5, 0.6) is 0 Å². The first-order chi connectivity index (χ1) is 13.8. The molecule has 0 heterocycles. The van der Waals surface area contributed by atoms with Crippen molar-refractivity contribution in [3.05, 3.63) is 30.3 Å². The molecule has 0 spiro atoms. The first-order valence-electron chi connectivity index (χ1n) is 10.6. The van der Waals surface area contributed by atoms with Gasteiger partial charge in [0.25, 0.3) is 0 Å². The minimum Gasteiger partial charge on any atom is -0.385 e. The molecule has 154 valence electrons. The SMILES string of the molecule is CN(c1ccccc1)C(C)(CC#N)C(N)=NC1C2CC3CC1CC(C(N)=O)(C3)C2. The smallest absolute Gasteiger partial charge is 0.223 e. The molecule has 6 nitrogen and oxygen atoms in total. The second kappa shape index (κ2) is 7.05. The van der Waals surface area contributed by atoms with Crippen LogP contribution in [0.3, 0.4) is 0 Å². The van der Waals surface area contributed by atoms with Crippen LogP contribution in [0.4, 0.5) is 5.69 Å². The van der Waals surface area contributed by atoms with E-state index in [9.17, 15) is 10.1 Å². The normalized spacial score (nSPS) is 35.0. The van der Waals surface area contributed by atoms with Crippen molar-refractivity contribution < 1.29 is 4.79 Å². The number of amides is 1. The molecule has 0 aliphatic heterocycles. The van der Waals surface area contributed by atoms with Gasteiger partial charge in [0, 0.05) is 18.2 Å². The molecule has 0 aromatic heterocycles. The quantitative estimate of drug-likeness (QED) is 0.572. The van der Waals surface area contributed by atoms with Gasteiger partial charge < -0.3 is 16.4 Å². The predicted octanol–water partition coefficient (Wildman–Crippen LogP) is 2.83. The predicted molar refractivity (Wildman–Crippen MR) is 114 cm³/mol. The number of anilines is 1. The van der Waals surface area contributed by atoms with Crippen molar-refractivity contribution in [3.8, 4) is 6.07 Å². The van der Waals surface area contributed by atoms with Gasteiger partial charge in [-0.2, -0.15) is 5.26 Å². The molecule has 3 atom stereocenters. The molecule has 5 rings (SSSR count). The van der Waals surface area contributed by atoms with E-state index in [1.165, 1.54) is 0 Å². The summed E-state index contributed by atoms with van der Waals surface area (Å²) in [6.07, 6.45) is 5.08. The van der Waals surface area contributed by atoms with Gasteiger partial charge in [0.05, 0.1) is 18.5 Å². The zero-order valence-corrected chi connectivity index (χ0v) is 17.3. The number of nitrogens with two attached hydrogens (primary N) is 2. The van der Waals surface area contributed by atoms with Gasteiger partial charge in [0.2, 0.25) is 5.91 Å². The molecule has 4 N–H and O–H groups in total. The van der Waals surface area contributed by atoms with E-state index in [-0.39, 0.29) is 23.8 Å². The lowest BCUT2D eigenvalue weighted by molar-refractivity contribution is -0.144. The van der Waals surface area contributed by atoms with Crippen molar-refractivity contribution in [1.82, 2.24) is 0 Å². The fourth-order valence-electron chi connectivity index (χ4n) is 6.28. The summed E-state index contributed by atoms with van der Waals surface area (Å²) in [6, 6.07) is 12.4. The van der Waals surface area contributed by atoms with Crippen LogP contribution in [-0.2, 0) is 4.79 Å². The lowest BCUT2D eigenvalue weighted by Gasteiger charge is -2.58. The summed E-state index contributed by atoms with van der Waals surface area (Å²) in [5.74, 6) is 1.69. The Morgan fingerprint density at radius 2 is 1.86 bits per heavy atom.